The molecule has 5 rings (SSSR count). The van der Waals surface area contributed by atoms with E-state index in [1.54, 1.807) is 11.9 Å². The number of aliphatic hydroxyl groups excluding tert-OH is 1. The monoisotopic (exact) mass is 493 g/mol. The number of ether oxygens (including phenoxy) is 1. The van der Waals surface area contributed by atoms with Crippen LogP contribution in [0.5, 0.6) is 0 Å². The number of hydrogen-bond acceptors (Lipinski definition) is 5. The predicted molar refractivity (Wildman–Crippen MR) is 136 cm³/mol. The van der Waals surface area contributed by atoms with E-state index in [4.69, 9.17) is 4.74 Å². The van der Waals surface area contributed by atoms with E-state index in [9.17, 15) is 19.5 Å². The van der Waals surface area contributed by atoms with Crippen molar-refractivity contribution in [2.75, 3.05) is 25.5 Å². The molecular weight excluding hydrogens is 458 g/mol. The predicted octanol–water partition coefficient (Wildman–Crippen LogP) is 2.84. The van der Waals surface area contributed by atoms with Crippen molar-refractivity contribution >= 4 is 34.2 Å². The van der Waals surface area contributed by atoms with Crippen LogP contribution in [0.15, 0.2) is 42.5 Å². The van der Waals surface area contributed by atoms with Gasteiger partial charge in [-0.2, -0.15) is 0 Å². The summed E-state index contributed by atoms with van der Waals surface area (Å²) in [6, 6.07) is 12.9. The molecular formula is C28H35N3O5. The third-order valence-corrected chi connectivity index (χ3v) is 8.53. The van der Waals surface area contributed by atoms with Crippen molar-refractivity contribution in [1.82, 2.24) is 10.2 Å². The van der Waals surface area contributed by atoms with E-state index in [0.29, 0.717) is 44.3 Å². The van der Waals surface area contributed by atoms with Crippen LogP contribution in [0.1, 0.15) is 45.4 Å². The molecule has 0 aliphatic carbocycles. The van der Waals surface area contributed by atoms with Gasteiger partial charge in [-0.1, -0.05) is 37.3 Å². The fourth-order valence-corrected chi connectivity index (χ4v) is 6.86. The average molecular weight is 494 g/mol. The number of aliphatic hydroxyl groups is 1. The summed E-state index contributed by atoms with van der Waals surface area (Å²) in [7, 11) is 1.58. The molecule has 3 fully saturated rings. The van der Waals surface area contributed by atoms with Crippen molar-refractivity contribution < 1.29 is 24.2 Å². The summed E-state index contributed by atoms with van der Waals surface area (Å²) in [5, 5.41) is 17.1. The summed E-state index contributed by atoms with van der Waals surface area (Å²) in [5.41, 5.74) is -1.10. The molecule has 3 N–H and O–H groups in total. The highest BCUT2D eigenvalue weighted by molar-refractivity contribution is 6.04. The van der Waals surface area contributed by atoms with Crippen LogP contribution in [0.2, 0.25) is 0 Å². The van der Waals surface area contributed by atoms with Crippen molar-refractivity contribution in [2.45, 2.75) is 62.7 Å². The average Bonchev–Trinajstić information content (AvgIpc) is 3.49. The zero-order valence-electron chi connectivity index (χ0n) is 21.0. The summed E-state index contributed by atoms with van der Waals surface area (Å²) in [6.45, 7) is 2.46. The molecule has 3 saturated heterocycles. The molecule has 8 heteroatoms. The van der Waals surface area contributed by atoms with Crippen LogP contribution in [-0.4, -0.2) is 65.2 Å². The number of likely N-dealkylation sites (tertiary alicyclic amines) is 1. The van der Waals surface area contributed by atoms with Gasteiger partial charge in [0.1, 0.15) is 11.6 Å². The number of carbonyl (C=O) groups is 3. The Morgan fingerprint density at radius 1 is 1.08 bits per heavy atom. The second-order valence-electron chi connectivity index (χ2n) is 10.3. The molecule has 8 nitrogen and oxygen atoms in total. The van der Waals surface area contributed by atoms with E-state index >= 15 is 0 Å². The summed E-state index contributed by atoms with van der Waals surface area (Å²) < 4.78 is 6.70. The molecule has 0 saturated carbocycles. The minimum absolute atomic E-state index is 0.0905. The van der Waals surface area contributed by atoms with Crippen LogP contribution in [0, 0.1) is 11.8 Å². The second-order valence-corrected chi connectivity index (χ2v) is 10.3. The van der Waals surface area contributed by atoms with Crippen molar-refractivity contribution in [1.29, 1.82) is 0 Å². The molecule has 3 amide bonds. The van der Waals surface area contributed by atoms with E-state index in [0.717, 1.165) is 17.2 Å². The summed E-state index contributed by atoms with van der Waals surface area (Å²) in [6.07, 6.45) is 3.86. The Morgan fingerprint density at radius 3 is 2.58 bits per heavy atom. The smallest absolute Gasteiger partial charge is 0.250 e. The zero-order valence-corrected chi connectivity index (χ0v) is 21.0. The molecule has 0 aromatic heterocycles. The van der Waals surface area contributed by atoms with Gasteiger partial charge in [-0.3, -0.25) is 14.4 Å². The molecule has 2 unspecified atom stereocenters. The molecule has 2 aromatic carbocycles. The van der Waals surface area contributed by atoms with Gasteiger partial charge in [0.25, 0.3) is 0 Å². The molecule has 3 heterocycles. The fourth-order valence-electron chi connectivity index (χ4n) is 6.86. The first-order valence-corrected chi connectivity index (χ1v) is 13.0. The van der Waals surface area contributed by atoms with Crippen LogP contribution < -0.4 is 10.6 Å². The highest BCUT2D eigenvalue weighted by atomic mass is 16.5. The van der Waals surface area contributed by atoms with E-state index in [2.05, 4.69) is 10.6 Å². The molecule has 36 heavy (non-hydrogen) atoms. The number of hydrogen-bond donors (Lipinski definition) is 3. The van der Waals surface area contributed by atoms with Gasteiger partial charge in [0.05, 0.1) is 17.4 Å². The Morgan fingerprint density at radius 2 is 1.86 bits per heavy atom. The number of nitrogens with zero attached hydrogens (tertiary/aromatic N) is 1. The number of unbranched alkanes of at least 4 members (excludes halogenated alkanes) is 2. The highest BCUT2D eigenvalue weighted by Crippen LogP contribution is 2.64. The molecule has 1 spiro atoms. The summed E-state index contributed by atoms with van der Waals surface area (Å²) in [5.74, 6) is -1.97. The van der Waals surface area contributed by atoms with Crippen LogP contribution in [0.3, 0.4) is 0 Å². The van der Waals surface area contributed by atoms with E-state index < -0.39 is 29.1 Å². The highest BCUT2D eigenvalue weighted by Gasteiger charge is 2.78. The third-order valence-electron chi connectivity index (χ3n) is 8.53. The zero-order chi connectivity index (χ0) is 25.5. The van der Waals surface area contributed by atoms with E-state index in [1.807, 2.05) is 49.4 Å². The van der Waals surface area contributed by atoms with Crippen molar-refractivity contribution in [2.24, 2.45) is 11.8 Å². The van der Waals surface area contributed by atoms with Crippen molar-refractivity contribution in [3.05, 3.63) is 42.5 Å². The van der Waals surface area contributed by atoms with Gasteiger partial charge in [-0.25, -0.2) is 0 Å². The molecule has 3 aliphatic rings. The molecule has 0 radical (unpaired) electrons. The Balaban J connectivity index is 1.50. The number of amides is 3. The van der Waals surface area contributed by atoms with Crippen LogP contribution in [0.25, 0.3) is 10.8 Å². The maximum absolute atomic E-state index is 13.9. The minimum atomic E-state index is -1.03. The lowest BCUT2D eigenvalue weighted by Crippen LogP contribution is -2.53. The second kappa shape index (κ2) is 9.48. The molecule has 2 aromatic rings. The Kier molecular flexibility index (Phi) is 6.51. The largest absolute Gasteiger partial charge is 0.396 e. The first kappa shape index (κ1) is 24.7. The fraction of sp³-hybridized carbons (Fsp3) is 0.536. The maximum Gasteiger partial charge on any atom is 0.250 e. The molecule has 3 aliphatic heterocycles. The minimum Gasteiger partial charge on any atom is -0.396 e. The van der Waals surface area contributed by atoms with Crippen LogP contribution >= 0.6 is 0 Å². The van der Waals surface area contributed by atoms with Gasteiger partial charge >= 0.3 is 0 Å². The van der Waals surface area contributed by atoms with Crippen LogP contribution in [-0.2, 0) is 19.1 Å². The van der Waals surface area contributed by atoms with Gasteiger partial charge in [0, 0.05) is 25.9 Å². The molecule has 5 atom stereocenters. The number of benzene rings is 2. The normalized spacial score (nSPS) is 30.6. The first-order valence-electron chi connectivity index (χ1n) is 13.0. The number of fused-ring (bicyclic) bond motifs is 2. The Hall–Kier alpha value is -2.97. The van der Waals surface area contributed by atoms with Gasteiger partial charge in [-0.05, 0) is 61.4 Å². The standard InChI is InChI=1S/C28H35N3O5/c1-3-27-13-14-28(36-27)22(21(27)24(33)29-2)26(35)31(15-7-4-8-16-32)23(28)25(34)30-20-12-11-18-9-5-6-10-19(18)17-20/h5-6,9-12,17,21-23,32H,3-4,7-8,13-16H2,1-2H3,(H,29,33)(H,30,34)/t21-,22+,23?,27+,28?/m1/s1. The summed E-state index contributed by atoms with van der Waals surface area (Å²) in [4.78, 5) is 42.5. The Bertz CT molecular complexity index is 1180. The van der Waals surface area contributed by atoms with Gasteiger partial charge < -0.3 is 25.4 Å². The number of anilines is 1. The quantitative estimate of drug-likeness (QED) is 0.466. The first-order chi connectivity index (χ1) is 17.4. The number of carbonyl (C=O) groups excluding carboxylic acids is 3. The van der Waals surface area contributed by atoms with Crippen molar-refractivity contribution in [3.63, 3.8) is 0 Å². The van der Waals surface area contributed by atoms with Gasteiger partial charge in [0.2, 0.25) is 17.7 Å². The third kappa shape index (κ3) is 3.69. The van der Waals surface area contributed by atoms with Gasteiger partial charge in [0.15, 0.2) is 0 Å². The molecule has 2 bridgehead atoms. The van der Waals surface area contributed by atoms with E-state index in [1.165, 1.54) is 0 Å². The maximum atomic E-state index is 13.9. The topological polar surface area (TPSA) is 108 Å². The number of rotatable bonds is 9. The van der Waals surface area contributed by atoms with Crippen molar-refractivity contribution in [3.8, 4) is 0 Å². The summed E-state index contributed by atoms with van der Waals surface area (Å²) >= 11 is 0. The lowest BCUT2D eigenvalue weighted by molar-refractivity contribution is -0.145. The van der Waals surface area contributed by atoms with Crippen LogP contribution in [0.4, 0.5) is 5.69 Å². The number of nitrogens with one attached hydrogen (secondary N) is 2. The van der Waals surface area contributed by atoms with E-state index in [-0.39, 0.29) is 24.3 Å². The SMILES string of the molecule is CC[C@@]12CCC3(O1)C(C(=O)Nc1ccc4ccccc4c1)N(CCCCCO)C(=O)[C@@H]3[C@@H]2C(=O)NC. The molecule has 192 valence electrons. The lowest BCUT2D eigenvalue weighted by atomic mass is 9.65. The Labute approximate surface area is 211 Å². The lowest BCUT2D eigenvalue weighted by Gasteiger charge is -2.33. The van der Waals surface area contributed by atoms with Gasteiger partial charge in [-0.15, -0.1) is 0 Å².